The van der Waals surface area contributed by atoms with Crippen LogP contribution in [0.4, 0.5) is 26.3 Å². The third-order valence-electron chi connectivity index (χ3n) is 2.88. The first-order chi connectivity index (χ1) is 10.4. The van der Waals surface area contributed by atoms with E-state index >= 15 is 0 Å². The molecule has 11 heteroatoms. The van der Waals surface area contributed by atoms with Gasteiger partial charge in [0.05, 0.1) is 11.3 Å². The van der Waals surface area contributed by atoms with E-state index in [1.165, 1.54) is 0 Å². The standard InChI is InChI=1S/C12H7F6N3O2/c13-11(14,15)6-1-3-7(4-2-6)20-9(22)5-8(12(16,17)18)21(19)10(20)23/h1-5H,19H2. The van der Waals surface area contributed by atoms with E-state index in [1.807, 2.05) is 0 Å². The van der Waals surface area contributed by atoms with Crippen LogP contribution < -0.4 is 17.1 Å². The number of nitrogen functional groups attached to an aromatic ring is 1. The van der Waals surface area contributed by atoms with Gasteiger partial charge in [0, 0.05) is 6.07 Å². The third-order valence-corrected chi connectivity index (χ3v) is 2.88. The molecule has 0 aliphatic carbocycles. The Morgan fingerprint density at radius 1 is 0.870 bits per heavy atom. The summed E-state index contributed by atoms with van der Waals surface area (Å²) in [6.07, 6.45) is -9.68. The number of benzene rings is 1. The van der Waals surface area contributed by atoms with Gasteiger partial charge in [-0.15, -0.1) is 0 Å². The number of alkyl halides is 6. The Kier molecular flexibility index (Phi) is 3.75. The summed E-state index contributed by atoms with van der Waals surface area (Å²) in [5.41, 5.74) is -5.97. The number of hydrogen-bond donors (Lipinski definition) is 1. The highest BCUT2D eigenvalue weighted by atomic mass is 19.4. The molecular weight excluding hydrogens is 332 g/mol. The molecule has 1 heterocycles. The average molecular weight is 339 g/mol. The monoisotopic (exact) mass is 339 g/mol. The number of rotatable bonds is 1. The molecular formula is C12H7F6N3O2. The Labute approximate surface area is 123 Å². The van der Waals surface area contributed by atoms with Gasteiger partial charge in [-0.25, -0.2) is 14.0 Å². The molecule has 2 rings (SSSR count). The molecule has 5 nitrogen and oxygen atoms in total. The summed E-state index contributed by atoms with van der Waals surface area (Å²) in [7, 11) is 0. The Balaban J connectivity index is 2.64. The zero-order valence-electron chi connectivity index (χ0n) is 10.9. The molecule has 23 heavy (non-hydrogen) atoms. The van der Waals surface area contributed by atoms with Crippen molar-refractivity contribution in [3.63, 3.8) is 0 Å². The van der Waals surface area contributed by atoms with Gasteiger partial charge in [-0.1, -0.05) is 0 Å². The Morgan fingerprint density at radius 3 is 1.83 bits per heavy atom. The zero-order valence-corrected chi connectivity index (χ0v) is 10.9. The molecule has 0 saturated heterocycles. The molecule has 0 unspecified atom stereocenters. The lowest BCUT2D eigenvalue weighted by molar-refractivity contribution is -0.143. The number of aromatic nitrogens is 2. The fourth-order valence-corrected chi connectivity index (χ4v) is 1.81. The lowest BCUT2D eigenvalue weighted by Gasteiger charge is -2.14. The van der Waals surface area contributed by atoms with Gasteiger partial charge in [0.15, 0.2) is 5.69 Å². The molecule has 0 fully saturated rings. The Bertz CT molecular complexity index is 846. The fourth-order valence-electron chi connectivity index (χ4n) is 1.81. The van der Waals surface area contributed by atoms with Crippen LogP contribution in [0.1, 0.15) is 11.3 Å². The summed E-state index contributed by atoms with van der Waals surface area (Å²) in [5.74, 6) is 5.02. The highest BCUT2D eigenvalue weighted by Gasteiger charge is 2.36. The largest absolute Gasteiger partial charge is 0.433 e. The maximum absolute atomic E-state index is 12.6. The van der Waals surface area contributed by atoms with E-state index in [0.717, 1.165) is 12.1 Å². The van der Waals surface area contributed by atoms with Crippen molar-refractivity contribution in [2.24, 2.45) is 0 Å². The molecule has 1 aromatic heterocycles. The first kappa shape index (κ1) is 16.6. The minimum atomic E-state index is -5.04. The van der Waals surface area contributed by atoms with E-state index < -0.39 is 34.9 Å². The molecule has 0 amide bonds. The maximum Gasteiger partial charge on any atom is 0.433 e. The molecule has 0 spiro atoms. The van der Waals surface area contributed by atoms with Crippen molar-refractivity contribution >= 4 is 0 Å². The minimum Gasteiger partial charge on any atom is -0.335 e. The lowest BCUT2D eigenvalue weighted by Crippen LogP contribution is -2.45. The second kappa shape index (κ2) is 5.18. The molecule has 0 bridgehead atoms. The van der Waals surface area contributed by atoms with Crippen molar-refractivity contribution in [1.29, 1.82) is 0 Å². The predicted octanol–water partition coefficient (Wildman–Crippen LogP) is 1.75. The van der Waals surface area contributed by atoms with E-state index in [1.54, 1.807) is 0 Å². The summed E-state index contributed by atoms with van der Waals surface area (Å²) < 4.78 is 75.1. The van der Waals surface area contributed by atoms with Crippen LogP contribution in [-0.2, 0) is 12.4 Å². The molecule has 2 N–H and O–H groups in total. The molecule has 0 radical (unpaired) electrons. The molecule has 0 atom stereocenters. The second-order valence-corrected chi connectivity index (χ2v) is 4.40. The van der Waals surface area contributed by atoms with Crippen LogP contribution in [0.2, 0.25) is 0 Å². The summed E-state index contributed by atoms with van der Waals surface area (Å²) in [6, 6.07) is 2.80. The molecule has 0 aliphatic heterocycles. The van der Waals surface area contributed by atoms with Gasteiger partial charge in [-0.3, -0.25) is 4.79 Å². The van der Waals surface area contributed by atoms with Crippen LogP contribution in [0, 0.1) is 0 Å². The highest BCUT2D eigenvalue weighted by Crippen LogP contribution is 2.29. The molecule has 124 valence electrons. The van der Waals surface area contributed by atoms with E-state index in [4.69, 9.17) is 5.84 Å². The van der Waals surface area contributed by atoms with E-state index in [0.29, 0.717) is 12.1 Å². The molecule has 1 aromatic carbocycles. The summed E-state index contributed by atoms with van der Waals surface area (Å²) in [4.78, 5) is 23.5. The number of halogens is 6. The van der Waals surface area contributed by atoms with Crippen molar-refractivity contribution in [2.75, 3.05) is 5.84 Å². The van der Waals surface area contributed by atoms with Gasteiger partial charge in [0.25, 0.3) is 5.56 Å². The van der Waals surface area contributed by atoms with E-state index in [9.17, 15) is 35.9 Å². The lowest BCUT2D eigenvalue weighted by atomic mass is 10.2. The topological polar surface area (TPSA) is 70.0 Å². The van der Waals surface area contributed by atoms with Gasteiger partial charge < -0.3 is 5.84 Å². The quantitative estimate of drug-likeness (QED) is 0.636. The van der Waals surface area contributed by atoms with Crippen LogP contribution >= 0.6 is 0 Å². The average Bonchev–Trinajstić information content (AvgIpc) is 2.41. The van der Waals surface area contributed by atoms with Crippen LogP contribution in [0.3, 0.4) is 0 Å². The van der Waals surface area contributed by atoms with E-state index in [-0.39, 0.29) is 21.0 Å². The van der Waals surface area contributed by atoms with Crippen molar-refractivity contribution in [3.05, 3.63) is 62.4 Å². The third kappa shape index (κ3) is 3.07. The van der Waals surface area contributed by atoms with Gasteiger partial charge in [-0.2, -0.15) is 26.3 Å². The summed E-state index contributed by atoms with van der Waals surface area (Å²) in [5, 5.41) is 0. The van der Waals surface area contributed by atoms with Gasteiger partial charge >= 0.3 is 18.0 Å². The van der Waals surface area contributed by atoms with Crippen LogP contribution in [0.25, 0.3) is 5.69 Å². The van der Waals surface area contributed by atoms with Crippen LogP contribution in [0.15, 0.2) is 39.9 Å². The molecule has 2 aromatic rings. The molecule has 0 aliphatic rings. The Morgan fingerprint density at radius 2 is 1.39 bits per heavy atom. The number of nitrogens with two attached hydrogens (primary N) is 1. The Hall–Kier alpha value is -2.72. The van der Waals surface area contributed by atoms with E-state index in [2.05, 4.69) is 0 Å². The van der Waals surface area contributed by atoms with Crippen LogP contribution in [-0.4, -0.2) is 9.24 Å². The minimum absolute atomic E-state index is 0.0824. The van der Waals surface area contributed by atoms with Crippen molar-refractivity contribution in [3.8, 4) is 5.69 Å². The number of hydrogen-bond acceptors (Lipinski definition) is 3. The van der Waals surface area contributed by atoms with Crippen molar-refractivity contribution in [2.45, 2.75) is 12.4 Å². The normalized spacial score (nSPS) is 12.4. The predicted molar refractivity (Wildman–Crippen MR) is 66.5 cm³/mol. The smallest absolute Gasteiger partial charge is 0.335 e. The summed E-state index contributed by atoms with van der Waals surface area (Å²) >= 11 is 0. The van der Waals surface area contributed by atoms with Gasteiger partial charge in [-0.05, 0) is 24.3 Å². The van der Waals surface area contributed by atoms with Crippen LogP contribution in [0.5, 0.6) is 0 Å². The van der Waals surface area contributed by atoms with Crippen molar-refractivity contribution < 1.29 is 26.3 Å². The summed E-state index contributed by atoms with van der Waals surface area (Å²) in [6.45, 7) is 0. The first-order valence-corrected chi connectivity index (χ1v) is 5.82. The highest BCUT2D eigenvalue weighted by molar-refractivity contribution is 5.36. The zero-order chi connectivity index (χ0) is 17.6. The first-order valence-electron chi connectivity index (χ1n) is 5.82. The maximum atomic E-state index is 12.6. The SMILES string of the molecule is Nn1c(C(F)(F)F)cc(=O)n(-c2ccc(C(F)(F)F)cc2)c1=O. The van der Waals surface area contributed by atoms with Gasteiger partial charge in [0.1, 0.15) is 0 Å². The van der Waals surface area contributed by atoms with Crippen molar-refractivity contribution in [1.82, 2.24) is 9.24 Å². The number of nitrogens with zero attached hydrogens (tertiary/aromatic N) is 2. The van der Waals surface area contributed by atoms with Gasteiger partial charge in [0.2, 0.25) is 0 Å². The molecule has 0 saturated carbocycles. The second-order valence-electron chi connectivity index (χ2n) is 4.40. The fraction of sp³-hybridized carbons (Fsp3) is 0.167.